The van der Waals surface area contributed by atoms with Crippen LogP contribution in [0.15, 0.2) is 23.7 Å². The molecule has 1 rings (SSSR count). The van der Waals surface area contributed by atoms with Gasteiger partial charge in [-0.05, 0) is 13.0 Å². The van der Waals surface area contributed by atoms with E-state index in [4.69, 9.17) is 20.6 Å². The Kier molecular flexibility index (Phi) is 7.01. The van der Waals surface area contributed by atoms with Gasteiger partial charge in [-0.25, -0.2) is 4.57 Å². The van der Waals surface area contributed by atoms with Gasteiger partial charge in [0.2, 0.25) is 0 Å². The number of carbonyl (C=O) groups is 1. The molecule has 1 aromatic heterocycles. The molecule has 0 fully saturated rings. The van der Waals surface area contributed by atoms with Gasteiger partial charge in [-0.2, -0.15) is 0 Å². The lowest BCUT2D eigenvalue weighted by Crippen LogP contribution is -2.27. The first-order valence-electron chi connectivity index (χ1n) is 6.33. The normalized spacial score (nSPS) is 13.5. The average Bonchev–Trinajstić information content (AvgIpc) is 2.48. The van der Waals surface area contributed by atoms with Gasteiger partial charge in [-0.1, -0.05) is 5.16 Å². The van der Waals surface area contributed by atoms with E-state index >= 15 is 0 Å². The van der Waals surface area contributed by atoms with E-state index < -0.39 is 26.4 Å². The zero-order valence-corrected chi connectivity index (χ0v) is 13.3. The molecule has 0 amide bonds. The molecule has 0 aliphatic rings. The summed E-state index contributed by atoms with van der Waals surface area (Å²) in [5.74, 6) is -1.53. The predicted molar refractivity (Wildman–Crippen MR) is 80.9 cm³/mol. The Morgan fingerprint density at radius 3 is 2.79 bits per heavy atom. The van der Waals surface area contributed by atoms with E-state index in [0.717, 1.165) is 18.6 Å². The SMILES string of the molecule is Cc1ncc(COP(=O)(O)O)c(/C=N/O/C=C/[C@H](N)C(=O)O)c1O. The number of aromatic hydroxyl groups is 1. The molecule has 6 N–H and O–H groups in total. The number of nitrogens with two attached hydrogens (primary N) is 1. The van der Waals surface area contributed by atoms with Crippen LogP contribution in [0.3, 0.4) is 0 Å². The van der Waals surface area contributed by atoms with E-state index in [-0.39, 0.29) is 22.6 Å². The van der Waals surface area contributed by atoms with Crippen molar-refractivity contribution in [2.45, 2.75) is 19.6 Å². The summed E-state index contributed by atoms with van der Waals surface area (Å²) in [7, 11) is -4.70. The molecule has 1 heterocycles. The molecule has 11 nitrogen and oxygen atoms in total. The van der Waals surface area contributed by atoms with Crippen LogP contribution < -0.4 is 5.73 Å². The number of aryl methyl sites for hydroxylation is 1. The number of hydrogen-bond donors (Lipinski definition) is 5. The van der Waals surface area contributed by atoms with Crippen molar-refractivity contribution >= 4 is 20.0 Å². The molecule has 0 unspecified atom stereocenters. The highest BCUT2D eigenvalue weighted by molar-refractivity contribution is 7.46. The van der Waals surface area contributed by atoms with E-state index in [9.17, 15) is 14.5 Å². The molecule has 12 heteroatoms. The van der Waals surface area contributed by atoms with E-state index in [0.29, 0.717) is 0 Å². The molecule has 24 heavy (non-hydrogen) atoms. The summed E-state index contributed by atoms with van der Waals surface area (Å²) in [5, 5.41) is 22.0. The molecular weight excluding hydrogens is 345 g/mol. The fraction of sp³-hybridized carbons (Fsp3) is 0.250. The molecule has 0 radical (unpaired) electrons. The summed E-state index contributed by atoms with van der Waals surface area (Å²) in [4.78, 5) is 36.4. The van der Waals surface area contributed by atoms with Gasteiger partial charge in [-0.3, -0.25) is 14.3 Å². The van der Waals surface area contributed by atoms with Crippen LogP contribution in [0.1, 0.15) is 16.8 Å². The first-order chi connectivity index (χ1) is 11.1. The van der Waals surface area contributed by atoms with Crippen LogP contribution in [-0.2, 0) is 25.3 Å². The van der Waals surface area contributed by atoms with Gasteiger partial charge in [0.25, 0.3) is 0 Å². The van der Waals surface area contributed by atoms with Gasteiger partial charge >= 0.3 is 13.8 Å². The number of carboxylic acid groups (broad SMARTS) is 1. The van der Waals surface area contributed by atoms with E-state index in [1.54, 1.807) is 0 Å². The zero-order chi connectivity index (χ0) is 18.3. The van der Waals surface area contributed by atoms with Gasteiger partial charge in [0.15, 0.2) is 0 Å². The second kappa shape index (κ2) is 8.52. The average molecular weight is 361 g/mol. The zero-order valence-electron chi connectivity index (χ0n) is 12.4. The third-order valence-corrected chi connectivity index (χ3v) is 3.09. The Balaban J connectivity index is 2.88. The molecule has 0 saturated carbocycles. The maximum Gasteiger partial charge on any atom is 0.469 e. The van der Waals surface area contributed by atoms with Crippen molar-refractivity contribution in [1.29, 1.82) is 0 Å². The Hall–Kier alpha value is -2.30. The van der Waals surface area contributed by atoms with Crippen molar-refractivity contribution in [3.05, 3.63) is 35.4 Å². The van der Waals surface area contributed by atoms with Crippen LogP contribution >= 0.6 is 7.82 Å². The first kappa shape index (κ1) is 19.7. The summed E-state index contributed by atoms with van der Waals surface area (Å²) in [6.07, 6.45) is 4.28. The third kappa shape index (κ3) is 6.44. The van der Waals surface area contributed by atoms with Gasteiger partial charge in [0.1, 0.15) is 18.1 Å². The van der Waals surface area contributed by atoms with Gasteiger partial charge in [0.05, 0.1) is 18.5 Å². The first-order valence-corrected chi connectivity index (χ1v) is 7.86. The maximum absolute atomic E-state index is 10.7. The summed E-state index contributed by atoms with van der Waals surface area (Å²) in [6.45, 7) is 0.985. The molecule has 0 bridgehead atoms. The summed E-state index contributed by atoms with van der Waals surface area (Å²) in [5.41, 5.74) is 5.68. The number of oxime groups is 1. The number of nitrogens with zero attached hydrogens (tertiary/aromatic N) is 2. The molecule has 0 spiro atoms. The van der Waals surface area contributed by atoms with Crippen LogP contribution in [-0.4, -0.2) is 43.2 Å². The lowest BCUT2D eigenvalue weighted by molar-refractivity contribution is -0.137. The molecular formula is C12H16N3O8P. The quantitative estimate of drug-likeness (QED) is 0.182. The predicted octanol–water partition coefficient (Wildman–Crippen LogP) is -0.0190. The highest BCUT2D eigenvalue weighted by atomic mass is 31.2. The van der Waals surface area contributed by atoms with Gasteiger partial charge in [0, 0.05) is 17.3 Å². The van der Waals surface area contributed by atoms with Crippen LogP contribution in [0.2, 0.25) is 0 Å². The minimum Gasteiger partial charge on any atom is -0.505 e. The van der Waals surface area contributed by atoms with Crippen LogP contribution in [0.25, 0.3) is 0 Å². The van der Waals surface area contributed by atoms with Crippen LogP contribution in [0, 0.1) is 6.92 Å². The Morgan fingerprint density at radius 2 is 2.21 bits per heavy atom. The molecule has 132 valence electrons. The molecule has 0 aliphatic heterocycles. The minimum atomic E-state index is -4.70. The van der Waals surface area contributed by atoms with Crippen LogP contribution in [0.5, 0.6) is 5.75 Å². The van der Waals surface area contributed by atoms with Crippen molar-refractivity contribution in [2.24, 2.45) is 10.9 Å². The highest BCUT2D eigenvalue weighted by Gasteiger charge is 2.17. The van der Waals surface area contributed by atoms with Crippen molar-refractivity contribution in [1.82, 2.24) is 4.98 Å². The largest absolute Gasteiger partial charge is 0.505 e. The number of phosphoric ester groups is 1. The maximum atomic E-state index is 10.7. The van der Waals surface area contributed by atoms with E-state index in [1.165, 1.54) is 13.1 Å². The monoisotopic (exact) mass is 361 g/mol. The topological polar surface area (TPSA) is 185 Å². The minimum absolute atomic E-state index is 0.0758. The lowest BCUT2D eigenvalue weighted by atomic mass is 10.1. The Labute approximate surface area is 136 Å². The number of pyridine rings is 1. The van der Waals surface area contributed by atoms with Gasteiger partial charge < -0.3 is 30.6 Å². The molecule has 0 saturated heterocycles. The highest BCUT2D eigenvalue weighted by Crippen LogP contribution is 2.37. The molecule has 0 aliphatic carbocycles. The number of rotatable bonds is 8. The number of phosphoric acid groups is 1. The fourth-order valence-corrected chi connectivity index (χ4v) is 1.69. The van der Waals surface area contributed by atoms with Crippen molar-refractivity contribution in [3.63, 3.8) is 0 Å². The molecule has 1 atom stereocenters. The fourth-order valence-electron chi connectivity index (χ4n) is 1.39. The summed E-state index contributed by atoms with van der Waals surface area (Å²) < 4.78 is 15.1. The number of hydrogen-bond acceptors (Lipinski definition) is 8. The summed E-state index contributed by atoms with van der Waals surface area (Å²) >= 11 is 0. The Bertz CT molecular complexity index is 700. The summed E-state index contributed by atoms with van der Waals surface area (Å²) in [6, 6.07) is -1.26. The molecule has 0 aromatic carbocycles. The second-order valence-corrected chi connectivity index (χ2v) is 5.67. The van der Waals surface area contributed by atoms with Gasteiger partial charge in [-0.15, -0.1) is 0 Å². The third-order valence-electron chi connectivity index (χ3n) is 2.62. The van der Waals surface area contributed by atoms with E-state index in [2.05, 4.69) is 19.5 Å². The smallest absolute Gasteiger partial charge is 0.469 e. The van der Waals surface area contributed by atoms with Crippen LogP contribution in [0.4, 0.5) is 0 Å². The molecule has 1 aromatic rings. The van der Waals surface area contributed by atoms with Crippen molar-refractivity contribution in [2.75, 3.05) is 0 Å². The second-order valence-electron chi connectivity index (χ2n) is 4.43. The van der Waals surface area contributed by atoms with E-state index in [1.807, 2.05) is 0 Å². The van der Waals surface area contributed by atoms with Crippen molar-refractivity contribution < 1.29 is 38.7 Å². The standard InChI is InChI=1S/C12H16N3O8P/c1-7-11(16)9(5-15-22-3-2-10(13)12(17)18)8(4-14-7)6-23-24(19,20)21/h2-5,10,16H,6,13H2,1H3,(H,17,18)(H2,19,20,21)/b3-2+,15-5+/t10-/m0/s1. The van der Waals surface area contributed by atoms with Crippen molar-refractivity contribution in [3.8, 4) is 5.75 Å². The number of aromatic nitrogens is 1. The number of aliphatic carboxylic acids is 1. The Morgan fingerprint density at radius 1 is 1.54 bits per heavy atom. The number of carboxylic acids is 1. The lowest BCUT2D eigenvalue weighted by Gasteiger charge is -2.10.